The Balaban J connectivity index is 1.70. The summed E-state index contributed by atoms with van der Waals surface area (Å²) in [6.45, 7) is 6.07. The first-order valence-electron chi connectivity index (χ1n) is 6.38. The molecule has 100 valence electrons. The first-order chi connectivity index (χ1) is 8.75. The van der Waals surface area contributed by atoms with Crippen LogP contribution in [0.4, 0.5) is 5.82 Å². The largest absolute Gasteiger partial charge is 0.379 e. The zero-order valence-electron chi connectivity index (χ0n) is 10.8. The number of halogens is 1. The molecule has 0 unspecified atom stereocenters. The van der Waals surface area contributed by atoms with Crippen LogP contribution in [0.3, 0.4) is 0 Å². The van der Waals surface area contributed by atoms with E-state index in [2.05, 4.69) is 37.8 Å². The Hall–Kier alpha value is -0.650. The second kappa shape index (κ2) is 7.07. The minimum Gasteiger partial charge on any atom is -0.379 e. The monoisotopic (exact) mass is 313 g/mol. The first-order valence-corrected chi connectivity index (χ1v) is 7.18. The normalized spacial score (nSPS) is 16.8. The van der Waals surface area contributed by atoms with Crippen molar-refractivity contribution in [3.63, 3.8) is 0 Å². The maximum Gasteiger partial charge on any atom is 0.128 e. The predicted molar refractivity (Wildman–Crippen MR) is 77.1 cm³/mol. The van der Waals surface area contributed by atoms with Gasteiger partial charge in [0.25, 0.3) is 0 Å². The molecule has 1 saturated heterocycles. The van der Waals surface area contributed by atoms with Crippen LogP contribution in [0.15, 0.2) is 22.8 Å². The van der Waals surface area contributed by atoms with Crippen LogP contribution < -0.4 is 4.90 Å². The number of aromatic nitrogens is 1. The van der Waals surface area contributed by atoms with Gasteiger partial charge in [-0.3, -0.25) is 4.90 Å². The van der Waals surface area contributed by atoms with Crippen LogP contribution >= 0.6 is 15.9 Å². The molecule has 0 atom stereocenters. The molecule has 1 aliphatic rings. The molecule has 5 heteroatoms. The van der Waals surface area contributed by atoms with Gasteiger partial charge in [-0.25, -0.2) is 4.98 Å². The van der Waals surface area contributed by atoms with Crippen LogP contribution in [-0.4, -0.2) is 56.3 Å². The van der Waals surface area contributed by atoms with Gasteiger partial charge in [-0.05, 0) is 34.5 Å². The number of rotatable bonds is 5. The highest BCUT2D eigenvalue weighted by molar-refractivity contribution is 9.10. The molecule has 4 nitrogen and oxygen atoms in total. The molecule has 2 heterocycles. The zero-order valence-corrected chi connectivity index (χ0v) is 12.4. The van der Waals surface area contributed by atoms with E-state index in [1.807, 2.05) is 18.3 Å². The molecule has 2 rings (SSSR count). The van der Waals surface area contributed by atoms with Gasteiger partial charge in [-0.15, -0.1) is 0 Å². The van der Waals surface area contributed by atoms with Crippen molar-refractivity contribution in [2.45, 2.75) is 6.42 Å². The lowest BCUT2D eigenvalue weighted by molar-refractivity contribution is 0.0377. The van der Waals surface area contributed by atoms with E-state index in [0.29, 0.717) is 0 Å². The van der Waals surface area contributed by atoms with Gasteiger partial charge in [0.15, 0.2) is 0 Å². The maximum absolute atomic E-state index is 5.34. The fraction of sp³-hybridized carbons (Fsp3) is 0.615. The Bertz CT molecular complexity index is 352. The Labute approximate surface area is 117 Å². The Kier molecular flexibility index (Phi) is 5.41. The van der Waals surface area contributed by atoms with Gasteiger partial charge in [-0.1, -0.05) is 0 Å². The molecular weight excluding hydrogens is 294 g/mol. The van der Waals surface area contributed by atoms with E-state index in [-0.39, 0.29) is 0 Å². The molecule has 0 bridgehead atoms. The summed E-state index contributed by atoms with van der Waals surface area (Å²) in [7, 11) is 2.09. The molecule has 0 saturated carbocycles. The smallest absolute Gasteiger partial charge is 0.128 e. The lowest BCUT2D eigenvalue weighted by atomic mass is 10.3. The summed E-state index contributed by atoms with van der Waals surface area (Å²) in [5.41, 5.74) is 0. The zero-order chi connectivity index (χ0) is 12.8. The average Bonchev–Trinajstić information content (AvgIpc) is 2.40. The highest BCUT2D eigenvalue weighted by atomic mass is 79.9. The molecule has 1 aliphatic heterocycles. The molecule has 0 spiro atoms. The number of morpholine rings is 1. The Morgan fingerprint density at radius 1 is 1.39 bits per heavy atom. The maximum atomic E-state index is 5.34. The Morgan fingerprint density at radius 3 is 2.83 bits per heavy atom. The van der Waals surface area contributed by atoms with Crippen molar-refractivity contribution in [1.29, 1.82) is 0 Å². The lowest BCUT2D eigenvalue weighted by Crippen LogP contribution is -2.37. The number of nitrogens with zero attached hydrogens (tertiary/aromatic N) is 3. The van der Waals surface area contributed by atoms with E-state index in [9.17, 15) is 0 Å². The van der Waals surface area contributed by atoms with Gasteiger partial charge >= 0.3 is 0 Å². The minimum atomic E-state index is 0.879. The summed E-state index contributed by atoms with van der Waals surface area (Å²) in [6, 6.07) is 4.07. The van der Waals surface area contributed by atoms with E-state index in [4.69, 9.17) is 4.74 Å². The van der Waals surface area contributed by atoms with Gasteiger partial charge in [0, 0.05) is 43.9 Å². The number of anilines is 1. The highest BCUT2D eigenvalue weighted by Crippen LogP contribution is 2.13. The lowest BCUT2D eigenvalue weighted by Gasteiger charge is -2.27. The van der Waals surface area contributed by atoms with E-state index in [1.54, 1.807) is 0 Å². The number of hydrogen-bond acceptors (Lipinski definition) is 4. The summed E-state index contributed by atoms with van der Waals surface area (Å²) in [5, 5.41) is 0. The van der Waals surface area contributed by atoms with Gasteiger partial charge in [0.05, 0.1) is 13.2 Å². The van der Waals surface area contributed by atoms with Crippen molar-refractivity contribution in [3.8, 4) is 0 Å². The summed E-state index contributed by atoms with van der Waals surface area (Å²) >= 11 is 3.40. The van der Waals surface area contributed by atoms with Crippen molar-refractivity contribution in [2.75, 3.05) is 51.3 Å². The molecule has 0 aromatic carbocycles. The fourth-order valence-electron chi connectivity index (χ4n) is 2.06. The second-order valence-corrected chi connectivity index (χ2v) is 5.48. The van der Waals surface area contributed by atoms with Crippen LogP contribution in [0.1, 0.15) is 6.42 Å². The first kappa shape index (κ1) is 13.8. The van der Waals surface area contributed by atoms with E-state index < -0.39 is 0 Å². The van der Waals surface area contributed by atoms with Crippen LogP contribution in [0, 0.1) is 0 Å². The summed E-state index contributed by atoms with van der Waals surface area (Å²) in [5.74, 6) is 1.03. The fourth-order valence-corrected chi connectivity index (χ4v) is 2.30. The van der Waals surface area contributed by atoms with Gasteiger partial charge in [-0.2, -0.15) is 0 Å². The van der Waals surface area contributed by atoms with Crippen molar-refractivity contribution in [3.05, 3.63) is 22.8 Å². The van der Waals surface area contributed by atoms with E-state index in [0.717, 1.165) is 56.1 Å². The number of ether oxygens (including phenoxy) is 1. The molecule has 0 amide bonds. The summed E-state index contributed by atoms with van der Waals surface area (Å²) < 4.78 is 6.36. The quantitative estimate of drug-likeness (QED) is 0.831. The van der Waals surface area contributed by atoms with E-state index in [1.165, 1.54) is 0 Å². The van der Waals surface area contributed by atoms with E-state index >= 15 is 0 Å². The van der Waals surface area contributed by atoms with Gasteiger partial charge < -0.3 is 9.64 Å². The molecule has 1 aromatic heterocycles. The second-order valence-electron chi connectivity index (χ2n) is 4.56. The molecule has 18 heavy (non-hydrogen) atoms. The van der Waals surface area contributed by atoms with Gasteiger partial charge in [0.2, 0.25) is 0 Å². The van der Waals surface area contributed by atoms with Crippen molar-refractivity contribution in [2.24, 2.45) is 0 Å². The molecule has 1 fully saturated rings. The number of pyridine rings is 1. The van der Waals surface area contributed by atoms with Crippen molar-refractivity contribution >= 4 is 21.7 Å². The third-order valence-corrected chi connectivity index (χ3v) is 3.64. The SMILES string of the molecule is CN(CCCN1CCOCC1)c1ccc(Br)cn1. The Morgan fingerprint density at radius 2 is 2.17 bits per heavy atom. The van der Waals surface area contributed by atoms with Crippen molar-refractivity contribution < 1.29 is 4.74 Å². The van der Waals surface area contributed by atoms with Crippen LogP contribution in [0.25, 0.3) is 0 Å². The van der Waals surface area contributed by atoms with Crippen molar-refractivity contribution in [1.82, 2.24) is 9.88 Å². The average molecular weight is 314 g/mol. The molecular formula is C13H20BrN3O. The molecule has 1 aromatic rings. The molecule has 0 N–H and O–H groups in total. The predicted octanol–water partition coefficient (Wildman–Crippen LogP) is 2.00. The van der Waals surface area contributed by atoms with Crippen LogP contribution in [-0.2, 0) is 4.74 Å². The number of hydrogen-bond donors (Lipinski definition) is 0. The van der Waals surface area contributed by atoms with Crippen LogP contribution in [0.5, 0.6) is 0 Å². The van der Waals surface area contributed by atoms with Gasteiger partial charge in [0.1, 0.15) is 5.82 Å². The van der Waals surface area contributed by atoms with Crippen LogP contribution in [0.2, 0.25) is 0 Å². The summed E-state index contributed by atoms with van der Waals surface area (Å²) in [6.07, 6.45) is 3.00. The minimum absolute atomic E-state index is 0.879. The summed E-state index contributed by atoms with van der Waals surface area (Å²) in [4.78, 5) is 9.05. The third kappa shape index (κ3) is 4.23. The third-order valence-electron chi connectivity index (χ3n) is 3.17. The standard InChI is InChI=1S/C13H20BrN3O/c1-16(13-4-3-12(14)11-15-13)5-2-6-17-7-9-18-10-8-17/h3-4,11H,2,5-10H2,1H3. The highest BCUT2D eigenvalue weighted by Gasteiger charge is 2.10. The topological polar surface area (TPSA) is 28.6 Å². The molecule has 0 radical (unpaired) electrons. The molecule has 0 aliphatic carbocycles.